The molecule has 0 saturated heterocycles. The molecule has 0 unspecified atom stereocenters. The topological polar surface area (TPSA) is 98.0 Å². The van der Waals surface area contributed by atoms with Gasteiger partial charge in [-0.25, -0.2) is 13.4 Å². The highest BCUT2D eigenvalue weighted by Crippen LogP contribution is 2.17. The normalized spacial score (nSPS) is 11.2. The lowest BCUT2D eigenvalue weighted by Gasteiger charge is -2.10. The Labute approximate surface area is 105 Å². The molecule has 94 valence electrons. The predicted molar refractivity (Wildman–Crippen MR) is 67.2 cm³/mol. The number of sulfonamides is 1. The third kappa shape index (κ3) is 2.63. The van der Waals surface area contributed by atoms with Crippen molar-refractivity contribution in [2.45, 2.75) is 11.4 Å². The van der Waals surface area contributed by atoms with E-state index < -0.39 is 10.0 Å². The van der Waals surface area contributed by atoms with Crippen molar-refractivity contribution in [2.75, 3.05) is 4.72 Å². The number of hydrogen-bond acceptors (Lipinski definition) is 5. The number of anilines is 1. The van der Waals surface area contributed by atoms with Crippen LogP contribution >= 0.6 is 0 Å². The molecule has 0 bridgehead atoms. The van der Waals surface area contributed by atoms with Gasteiger partial charge in [0.25, 0.3) is 10.0 Å². The van der Waals surface area contributed by atoms with Gasteiger partial charge in [0.2, 0.25) is 0 Å². The molecule has 0 fully saturated rings. The van der Waals surface area contributed by atoms with E-state index in [0.717, 1.165) is 0 Å². The van der Waals surface area contributed by atoms with Crippen molar-refractivity contribution in [3.63, 3.8) is 0 Å². The Balaban J connectivity index is 2.37. The van der Waals surface area contributed by atoms with Crippen molar-refractivity contribution in [3.8, 4) is 0 Å². The van der Waals surface area contributed by atoms with Gasteiger partial charge in [-0.3, -0.25) is 9.71 Å². The van der Waals surface area contributed by atoms with Gasteiger partial charge in [-0.1, -0.05) is 18.2 Å². The van der Waals surface area contributed by atoms with E-state index >= 15 is 0 Å². The van der Waals surface area contributed by atoms with E-state index in [-0.39, 0.29) is 17.3 Å². The highest BCUT2D eigenvalue weighted by atomic mass is 32.2. The number of nitrogens with two attached hydrogens (primary N) is 1. The summed E-state index contributed by atoms with van der Waals surface area (Å²) in [6.07, 6.45) is 4.21. The zero-order valence-electron chi connectivity index (χ0n) is 9.45. The Morgan fingerprint density at radius 1 is 1.22 bits per heavy atom. The van der Waals surface area contributed by atoms with Crippen molar-refractivity contribution < 1.29 is 8.42 Å². The van der Waals surface area contributed by atoms with E-state index in [1.54, 1.807) is 18.2 Å². The minimum Gasteiger partial charge on any atom is -0.326 e. The SMILES string of the molecule is NCc1ccccc1S(=O)(=O)Nc1cnccn1. The fourth-order valence-electron chi connectivity index (χ4n) is 1.48. The highest BCUT2D eigenvalue weighted by molar-refractivity contribution is 7.92. The predicted octanol–water partition coefficient (Wildman–Crippen LogP) is 0.736. The summed E-state index contributed by atoms with van der Waals surface area (Å²) in [6.45, 7) is 0.150. The number of nitrogens with one attached hydrogen (secondary N) is 1. The molecule has 0 amide bonds. The molecule has 18 heavy (non-hydrogen) atoms. The fraction of sp³-hybridized carbons (Fsp3) is 0.0909. The molecule has 1 aromatic carbocycles. The van der Waals surface area contributed by atoms with Gasteiger partial charge in [0.05, 0.1) is 11.1 Å². The van der Waals surface area contributed by atoms with Gasteiger partial charge in [0.1, 0.15) is 0 Å². The summed E-state index contributed by atoms with van der Waals surface area (Å²) < 4.78 is 26.6. The average Bonchev–Trinajstić information content (AvgIpc) is 2.39. The van der Waals surface area contributed by atoms with Gasteiger partial charge in [0, 0.05) is 18.9 Å². The monoisotopic (exact) mass is 264 g/mol. The van der Waals surface area contributed by atoms with Crippen molar-refractivity contribution in [2.24, 2.45) is 5.73 Å². The second-order valence-corrected chi connectivity index (χ2v) is 5.16. The second-order valence-electron chi connectivity index (χ2n) is 3.51. The van der Waals surface area contributed by atoms with Crippen LogP contribution in [0, 0.1) is 0 Å². The Kier molecular flexibility index (Phi) is 3.54. The van der Waals surface area contributed by atoms with E-state index in [4.69, 9.17) is 5.73 Å². The van der Waals surface area contributed by atoms with Crippen LogP contribution < -0.4 is 10.5 Å². The molecule has 6 nitrogen and oxygen atoms in total. The molecule has 2 rings (SSSR count). The standard InChI is InChI=1S/C11H12N4O2S/c12-7-9-3-1-2-4-10(9)18(16,17)15-11-8-13-5-6-14-11/h1-6,8H,7,12H2,(H,14,15). The highest BCUT2D eigenvalue weighted by Gasteiger charge is 2.17. The number of aromatic nitrogens is 2. The van der Waals surface area contributed by atoms with Gasteiger partial charge in [-0.05, 0) is 11.6 Å². The lowest BCUT2D eigenvalue weighted by atomic mass is 10.2. The molecule has 2 aromatic rings. The van der Waals surface area contributed by atoms with Gasteiger partial charge < -0.3 is 5.73 Å². The summed E-state index contributed by atoms with van der Waals surface area (Å²) in [7, 11) is -3.69. The number of benzene rings is 1. The zero-order valence-corrected chi connectivity index (χ0v) is 10.3. The van der Waals surface area contributed by atoms with Gasteiger partial charge in [-0.2, -0.15) is 0 Å². The van der Waals surface area contributed by atoms with E-state index in [2.05, 4.69) is 14.7 Å². The fourth-order valence-corrected chi connectivity index (χ4v) is 2.72. The van der Waals surface area contributed by atoms with Gasteiger partial charge in [-0.15, -0.1) is 0 Å². The van der Waals surface area contributed by atoms with Crippen molar-refractivity contribution in [1.82, 2.24) is 9.97 Å². The Hall–Kier alpha value is -1.99. The third-order valence-electron chi connectivity index (χ3n) is 2.28. The molecule has 0 aliphatic carbocycles. The van der Waals surface area contributed by atoms with Crippen LogP contribution in [0.2, 0.25) is 0 Å². The first-order chi connectivity index (χ1) is 8.63. The maximum Gasteiger partial charge on any atom is 0.263 e. The Morgan fingerprint density at radius 2 is 2.00 bits per heavy atom. The van der Waals surface area contributed by atoms with Crippen molar-refractivity contribution in [3.05, 3.63) is 48.4 Å². The molecular weight excluding hydrogens is 252 g/mol. The minimum absolute atomic E-state index is 0.150. The molecule has 0 spiro atoms. The molecule has 0 saturated carbocycles. The van der Waals surface area contributed by atoms with E-state index in [9.17, 15) is 8.42 Å². The lowest BCUT2D eigenvalue weighted by Crippen LogP contribution is -2.17. The number of rotatable bonds is 4. The summed E-state index contributed by atoms with van der Waals surface area (Å²) in [6, 6.07) is 6.56. The summed E-state index contributed by atoms with van der Waals surface area (Å²) in [5.74, 6) is 0.171. The molecule has 0 radical (unpaired) electrons. The summed E-state index contributed by atoms with van der Waals surface area (Å²) in [4.78, 5) is 7.80. The molecular formula is C11H12N4O2S. The van der Waals surface area contributed by atoms with Crippen LogP contribution in [0.25, 0.3) is 0 Å². The number of hydrogen-bond donors (Lipinski definition) is 2. The van der Waals surface area contributed by atoms with E-state index in [0.29, 0.717) is 5.56 Å². The van der Waals surface area contributed by atoms with Crippen molar-refractivity contribution in [1.29, 1.82) is 0 Å². The Morgan fingerprint density at radius 3 is 2.67 bits per heavy atom. The molecule has 7 heteroatoms. The molecule has 0 aliphatic rings. The smallest absolute Gasteiger partial charge is 0.263 e. The van der Waals surface area contributed by atoms with E-state index in [1.807, 2.05) is 0 Å². The van der Waals surface area contributed by atoms with Crippen LogP contribution in [-0.2, 0) is 16.6 Å². The molecule has 1 heterocycles. The van der Waals surface area contributed by atoms with Gasteiger partial charge >= 0.3 is 0 Å². The van der Waals surface area contributed by atoms with Crippen molar-refractivity contribution >= 4 is 15.8 Å². The maximum absolute atomic E-state index is 12.1. The Bertz CT molecular complexity index is 629. The largest absolute Gasteiger partial charge is 0.326 e. The first kappa shape index (κ1) is 12.5. The zero-order chi connectivity index (χ0) is 13.0. The maximum atomic E-state index is 12.1. The molecule has 0 aliphatic heterocycles. The third-order valence-corrected chi connectivity index (χ3v) is 3.74. The summed E-state index contributed by atoms with van der Waals surface area (Å²) >= 11 is 0. The van der Waals surface area contributed by atoms with Crippen LogP contribution in [0.5, 0.6) is 0 Å². The summed E-state index contributed by atoms with van der Waals surface area (Å²) in [5, 5.41) is 0. The van der Waals surface area contributed by atoms with Crippen LogP contribution in [0.4, 0.5) is 5.82 Å². The average molecular weight is 264 g/mol. The lowest BCUT2D eigenvalue weighted by molar-refractivity contribution is 0.600. The molecule has 3 N–H and O–H groups in total. The van der Waals surface area contributed by atoms with Crippen LogP contribution in [0.15, 0.2) is 47.8 Å². The first-order valence-corrected chi connectivity index (χ1v) is 6.68. The van der Waals surface area contributed by atoms with Crippen LogP contribution in [0.3, 0.4) is 0 Å². The second kappa shape index (κ2) is 5.11. The quantitative estimate of drug-likeness (QED) is 0.848. The van der Waals surface area contributed by atoms with E-state index in [1.165, 1.54) is 24.7 Å². The first-order valence-electron chi connectivity index (χ1n) is 5.20. The molecule has 1 aromatic heterocycles. The van der Waals surface area contributed by atoms with Crippen LogP contribution in [0.1, 0.15) is 5.56 Å². The van der Waals surface area contributed by atoms with Gasteiger partial charge in [0.15, 0.2) is 5.82 Å². The number of nitrogens with zero attached hydrogens (tertiary/aromatic N) is 2. The summed E-state index contributed by atoms with van der Waals surface area (Å²) in [5.41, 5.74) is 6.07. The van der Waals surface area contributed by atoms with Crippen LogP contribution in [-0.4, -0.2) is 18.4 Å². The minimum atomic E-state index is -3.69. The molecule has 0 atom stereocenters.